The van der Waals surface area contributed by atoms with Gasteiger partial charge in [-0.1, -0.05) is 60.3 Å². The fourth-order valence-electron chi connectivity index (χ4n) is 3.97. The Balaban J connectivity index is 1.43. The molecule has 1 aromatic heterocycles. The third-order valence-corrected chi connectivity index (χ3v) is 5.44. The van der Waals surface area contributed by atoms with Crippen molar-refractivity contribution in [2.24, 2.45) is 0 Å². The van der Waals surface area contributed by atoms with Gasteiger partial charge in [-0.25, -0.2) is 0 Å². The van der Waals surface area contributed by atoms with E-state index in [1.807, 2.05) is 55.6 Å². The monoisotopic (exact) mass is 411 g/mol. The van der Waals surface area contributed by atoms with Crippen LogP contribution in [-0.4, -0.2) is 12.8 Å². The normalized spacial score (nSPS) is 15.3. The van der Waals surface area contributed by atoms with Crippen LogP contribution in [0.5, 0.6) is 11.5 Å². The first-order valence-electron chi connectivity index (χ1n) is 10.2. The van der Waals surface area contributed by atoms with E-state index >= 15 is 0 Å². The lowest BCUT2D eigenvalue weighted by atomic mass is 10.0. The standard InChI is InChI=1S/C26H21NO4/c1-27(15-17-7-3-2-4-8-17)16-21-22(28)12-11-20-25(29)24(31-26(20)21)14-19-13-18-9-5-6-10-23(18)30-19/h2-14,28H,15-16H2,1H3/b24-14-. The average molecular weight is 411 g/mol. The number of Topliss-reactive ketones (excluding diaryl/α,β-unsaturated/α-hetero) is 1. The topological polar surface area (TPSA) is 66.9 Å². The minimum atomic E-state index is -0.239. The van der Waals surface area contributed by atoms with Crippen LogP contribution in [0.1, 0.15) is 27.2 Å². The van der Waals surface area contributed by atoms with Crippen LogP contribution < -0.4 is 14.7 Å². The van der Waals surface area contributed by atoms with E-state index in [0.717, 1.165) is 22.4 Å². The van der Waals surface area contributed by atoms with E-state index in [4.69, 9.17) is 9.15 Å². The number of carbonyl (C=O) groups excluding carboxylic acids is 1. The number of benzene rings is 3. The maximum absolute atomic E-state index is 12.9. The van der Waals surface area contributed by atoms with Crippen LogP contribution >= 0.6 is 0 Å². The summed E-state index contributed by atoms with van der Waals surface area (Å²) in [6, 6.07) is 22.6. The van der Waals surface area contributed by atoms with E-state index in [1.165, 1.54) is 11.6 Å². The van der Waals surface area contributed by atoms with Crippen molar-refractivity contribution in [3.05, 3.63) is 101 Å². The Labute approximate surface area is 179 Å². The Hall–Kier alpha value is -3.83. The van der Waals surface area contributed by atoms with Gasteiger partial charge in [0.25, 0.3) is 0 Å². The van der Waals surface area contributed by atoms with Crippen LogP contribution in [0.3, 0.4) is 0 Å². The van der Waals surface area contributed by atoms with E-state index in [9.17, 15) is 9.90 Å². The smallest absolute Gasteiger partial charge is 0.232 e. The second-order valence-electron chi connectivity index (χ2n) is 7.84. The number of hydrogen-bond acceptors (Lipinski definition) is 4. The molecule has 2 heterocycles. The molecular weight excluding hydrogens is 390 g/mol. The highest BCUT2D eigenvalue weighted by molar-refractivity contribution is 6.14. The number of rotatable bonds is 5. The SMILES string of the molecule is C[NH+](Cc1ccccc1)Cc1c([O-])ccc2c1O/C(=C\c1cc3ccccc3o1)C2=O. The van der Waals surface area contributed by atoms with Gasteiger partial charge in [-0.15, -0.1) is 0 Å². The molecule has 1 aliphatic rings. The third kappa shape index (κ3) is 3.71. The minimum Gasteiger partial charge on any atom is -0.872 e. The molecule has 0 radical (unpaired) electrons. The predicted octanol–water partition coefficient (Wildman–Crippen LogP) is 3.34. The highest BCUT2D eigenvalue weighted by Gasteiger charge is 2.31. The highest BCUT2D eigenvalue weighted by Crippen LogP contribution is 2.38. The molecule has 31 heavy (non-hydrogen) atoms. The van der Waals surface area contributed by atoms with Gasteiger partial charge in [-0.05, 0) is 18.2 Å². The van der Waals surface area contributed by atoms with Crippen molar-refractivity contribution in [3.8, 4) is 11.5 Å². The van der Waals surface area contributed by atoms with E-state index < -0.39 is 0 Å². The summed E-state index contributed by atoms with van der Waals surface area (Å²) in [6.45, 7) is 1.22. The summed E-state index contributed by atoms with van der Waals surface area (Å²) in [5.41, 5.74) is 2.87. The molecule has 4 aromatic rings. The molecule has 0 saturated heterocycles. The van der Waals surface area contributed by atoms with Gasteiger partial charge in [-0.2, -0.15) is 0 Å². The average Bonchev–Trinajstić information content (AvgIpc) is 3.32. The van der Waals surface area contributed by atoms with Crippen molar-refractivity contribution >= 4 is 22.8 Å². The minimum absolute atomic E-state index is 0.121. The molecule has 1 aliphatic heterocycles. The second-order valence-corrected chi connectivity index (χ2v) is 7.84. The van der Waals surface area contributed by atoms with Crippen LogP contribution in [0.2, 0.25) is 0 Å². The maximum atomic E-state index is 12.9. The molecule has 0 fully saturated rings. The fourth-order valence-corrected chi connectivity index (χ4v) is 3.97. The molecule has 0 amide bonds. The molecule has 5 nitrogen and oxygen atoms in total. The Morgan fingerprint density at radius 2 is 1.74 bits per heavy atom. The molecular formula is C26H21NO4. The number of ether oxygens (including phenoxy) is 1. The van der Waals surface area contributed by atoms with Gasteiger partial charge < -0.3 is 19.2 Å². The third-order valence-electron chi connectivity index (χ3n) is 5.44. The summed E-state index contributed by atoms with van der Waals surface area (Å²) in [4.78, 5) is 14.0. The quantitative estimate of drug-likeness (QED) is 0.512. The van der Waals surface area contributed by atoms with Crippen molar-refractivity contribution < 1.29 is 24.0 Å². The van der Waals surface area contributed by atoms with Gasteiger partial charge in [0.1, 0.15) is 30.2 Å². The summed E-state index contributed by atoms with van der Waals surface area (Å²) >= 11 is 0. The Morgan fingerprint density at radius 1 is 0.968 bits per heavy atom. The molecule has 0 spiro atoms. The van der Waals surface area contributed by atoms with Crippen molar-refractivity contribution in [1.82, 2.24) is 0 Å². The first-order valence-corrected chi connectivity index (χ1v) is 10.2. The number of fused-ring (bicyclic) bond motifs is 2. The number of nitrogens with one attached hydrogen (secondary N) is 1. The zero-order chi connectivity index (χ0) is 21.4. The Kier molecular flexibility index (Phi) is 4.81. The second kappa shape index (κ2) is 7.78. The van der Waals surface area contributed by atoms with Crippen molar-refractivity contribution in [2.75, 3.05) is 7.05 Å². The van der Waals surface area contributed by atoms with E-state index in [2.05, 4.69) is 12.1 Å². The number of hydrogen-bond donors (Lipinski definition) is 1. The first kappa shape index (κ1) is 19.2. The molecule has 154 valence electrons. The summed E-state index contributed by atoms with van der Waals surface area (Å²) in [7, 11) is 2.02. The number of carbonyl (C=O) groups is 1. The summed E-state index contributed by atoms with van der Waals surface area (Å²) in [5, 5.41) is 13.6. The van der Waals surface area contributed by atoms with Gasteiger partial charge in [0, 0.05) is 22.6 Å². The molecule has 0 saturated carbocycles. The van der Waals surface area contributed by atoms with Gasteiger partial charge in [-0.3, -0.25) is 4.79 Å². The van der Waals surface area contributed by atoms with E-state index in [1.54, 1.807) is 12.1 Å². The van der Waals surface area contributed by atoms with Crippen molar-refractivity contribution in [1.29, 1.82) is 0 Å². The molecule has 0 aliphatic carbocycles. The summed E-state index contributed by atoms with van der Waals surface area (Å²) < 4.78 is 11.7. The summed E-state index contributed by atoms with van der Waals surface area (Å²) in [5.74, 6) is 0.711. The molecule has 1 N–H and O–H groups in total. The first-order chi connectivity index (χ1) is 15.1. The van der Waals surface area contributed by atoms with Crippen LogP contribution in [0.25, 0.3) is 17.0 Å². The molecule has 1 atom stereocenters. The predicted molar refractivity (Wildman–Crippen MR) is 116 cm³/mol. The van der Waals surface area contributed by atoms with Crippen LogP contribution in [0.15, 0.2) is 83.0 Å². The molecule has 5 rings (SSSR count). The largest absolute Gasteiger partial charge is 0.872 e. The number of quaternary nitrogens is 1. The molecule has 1 unspecified atom stereocenters. The molecule has 3 aromatic carbocycles. The number of para-hydroxylation sites is 1. The van der Waals surface area contributed by atoms with E-state index in [-0.39, 0.29) is 17.3 Å². The van der Waals surface area contributed by atoms with Crippen LogP contribution in [0.4, 0.5) is 0 Å². The van der Waals surface area contributed by atoms with E-state index in [0.29, 0.717) is 29.2 Å². The number of furan rings is 1. The van der Waals surface area contributed by atoms with Gasteiger partial charge in [0.15, 0.2) is 5.76 Å². The van der Waals surface area contributed by atoms with Crippen LogP contribution in [0, 0.1) is 0 Å². The van der Waals surface area contributed by atoms with Gasteiger partial charge >= 0.3 is 0 Å². The van der Waals surface area contributed by atoms with Crippen molar-refractivity contribution in [2.45, 2.75) is 13.1 Å². The Bertz CT molecular complexity index is 1270. The number of allylic oxidation sites excluding steroid dienone is 1. The Morgan fingerprint density at radius 3 is 2.55 bits per heavy atom. The van der Waals surface area contributed by atoms with Crippen LogP contribution in [-0.2, 0) is 13.1 Å². The highest BCUT2D eigenvalue weighted by atomic mass is 16.5. The number of ketones is 1. The van der Waals surface area contributed by atoms with Gasteiger partial charge in [0.2, 0.25) is 5.78 Å². The van der Waals surface area contributed by atoms with Gasteiger partial charge in [0.05, 0.1) is 12.6 Å². The van der Waals surface area contributed by atoms with Crippen molar-refractivity contribution in [3.63, 3.8) is 0 Å². The maximum Gasteiger partial charge on any atom is 0.232 e. The molecule has 5 heteroatoms. The lowest BCUT2D eigenvalue weighted by Gasteiger charge is -2.20. The zero-order valence-corrected chi connectivity index (χ0v) is 17.1. The lowest BCUT2D eigenvalue weighted by Crippen LogP contribution is -3.06. The summed E-state index contributed by atoms with van der Waals surface area (Å²) in [6.07, 6.45) is 1.59. The fraction of sp³-hybridized carbons (Fsp3) is 0.115. The lowest BCUT2D eigenvalue weighted by molar-refractivity contribution is -0.907. The zero-order valence-electron chi connectivity index (χ0n) is 17.1. The molecule has 0 bridgehead atoms.